The van der Waals surface area contributed by atoms with Crippen molar-refractivity contribution >= 4 is 45.3 Å². The lowest BCUT2D eigenvalue weighted by atomic mass is 10.0. The van der Waals surface area contributed by atoms with Crippen molar-refractivity contribution in [1.29, 1.82) is 0 Å². The Hall–Kier alpha value is -2.04. The largest absolute Gasteiger partial charge is 0.488 e. The molecule has 0 radical (unpaired) electrons. The van der Waals surface area contributed by atoms with E-state index < -0.39 is 0 Å². The van der Waals surface area contributed by atoms with E-state index in [1.165, 1.54) is 15.6 Å². The predicted molar refractivity (Wildman–Crippen MR) is 120 cm³/mol. The van der Waals surface area contributed by atoms with E-state index in [4.69, 9.17) is 27.9 Å². The monoisotopic (exact) mass is 427 g/mol. The van der Waals surface area contributed by atoms with Gasteiger partial charge in [-0.3, -0.25) is 0 Å². The standard InChI is InChI=1S/C23H19Cl2NOS/c24-18-9-7-17(22(25)12-18)15-27-23-10-8-16-4-1-2-6-20(16)21(23)14-26-13-19-5-3-11-28-19/h1-12,26H,13-15H2. The number of ether oxygens (including phenoxy) is 1. The molecule has 0 amide bonds. The molecule has 28 heavy (non-hydrogen) atoms. The van der Waals surface area contributed by atoms with Gasteiger partial charge in [0.05, 0.1) is 0 Å². The smallest absolute Gasteiger partial charge is 0.124 e. The first-order chi connectivity index (χ1) is 13.7. The fraction of sp³-hybridized carbons (Fsp3) is 0.130. The van der Waals surface area contributed by atoms with Crippen LogP contribution < -0.4 is 10.1 Å². The van der Waals surface area contributed by atoms with Gasteiger partial charge in [0.25, 0.3) is 0 Å². The third-order valence-corrected chi connectivity index (χ3v) is 6.04. The van der Waals surface area contributed by atoms with Crippen LogP contribution >= 0.6 is 34.5 Å². The summed E-state index contributed by atoms with van der Waals surface area (Å²) in [5.41, 5.74) is 2.07. The van der Waals surface area contributed by atoms with Gasteiger partial charge in [0.2, 0.25) is 0 Å². The van der Waals surface area contributed by atoms with Gasteiger partial charge in [-0.15, -0.1) is 11.3 Å². The fourth-order valence-electron chi connectivity index (χ4n) is 3.15. The highest BCUT2D eigenvalue weighted by Crippen LogP contribution is 2.30. The normalized spacial score (nSPS) is 11.1. The third-order valence-electron chi connectivity index (χ3n) is 4.58. The van der Waals surface area contributed by atoms with Crippen LogP contribution in [0.25, 0.3) is 10.8 Å². The Kier molecular flexibility index (Phi) is 6.18. The maximum atomic E-state index is 6.30. The average Bonchev–Trinajstić information content (AvgIpc) is 3.21. The summed E-state index contributed by atoms with van der Waals surface area (Å²) >= 11 is 14.0. The van der Waals surface area contributed by atoms with Crippen molar-refractivity contribution in [2.45, 2.75) is 19.7 Å². The van der Waals surface area contributed by atoms with Crippen LogP contribution in [-0.2, 0) is 19.7 Å². The molecule has 0 saturated carbocycles. The van der Waals surface area contributed by atoms with E-state index in [1.54, 1.807) is 17.4 Å². The molecule has 0 saturated heterocycles. The summed E-state index contributed by atoms with van der Waals surface area (Å²) in [5, 5.41) is 9.27. The number of halogens is 2. The molecule has 1 N–H and O–H groups in total. The van der Waals surface area contributed by atoms with Crippen LogP contribution in [0.4, 0.5) is 0 Å². The highest BCUT2D eigenvalue weighted by atomic mass is 35.5. The molecule has 1 aromatic heterocycles. The molecule has 4 aromatic rings. The number of benzene rings is 3. The van der Waals surface area contributed by atoms with Crippen LogP contribution in [0.1, 0.15) is 16.0 Å². The first kappa shape index (κ1) is 19.3. The van der Waals surface area contributed by atoms with Crippen molar-refractivity contribution in [2.24, 2.45) is 0 Å². The predicted octanol–water partition coefficient (Wildman–Crippen LogP) is 7.08. The van der Waals surface area contributed by atoms with Gasteiger partial charge in [-0.1, -0.05) is 65.7 Å². The fourth-order valence-corrected chi connectivity index (χ4v) is 4.29. The van der Waals surface area contributed by atoms with Crippen LogP contribution in [0.15, 0.2) is 72.1 Å². The van der Waals surface area contributed by atoms with E-state index >= 15 is 0 Å². The zero-order chi connectivity index (χ0) is 19.3. The lowest BCUT2D eigenvalue weighted by Crippen LogP contribution is -2.13. The Balaban J connectivity index is 1.57. The van der Waals surface area contributed by atoms with Gasteiger partial charge in [0.1, 0.15) is 12.4 Å². The molecule has 0 atom stereocenters. The molecule has 5 heteroatoms. The number of fused-ring (bicyclic) bond motifs is 1. The molecular formula is C23H19Cl2NOS. The van der Waals surface area contributed by atoms with Crippen LogP contribution in [0.5, 0.6) is 5.75 Å². The molecule has 0 aliphatic heterocycles. The second kappa shape index (κ2) is 8.97. The Labute approximate surface area is 178 Å². The van der Waals surface area contributed by atoms with Crippen molar-refractivity contribution in [3.05, 3.63) is 98.2 Å². The summed E-state index contributed by atoms with van der Waals surface area (Å²) in [6, 6.07) is 22.2. The summed E-state index contributed by atoms with van der Waals surface area (Å²) in [7, 11) is 0. The van der Waals surface area contributed by atoms with E-state index in [0.717, 1.165) is 30.0 Å². The van der Waals surface area contributed by atoms with E-state index in [0.29, 0.717) is 16.7 Å². The maximum absolute atomic E-state index is 6.30. The minimum absolute atomic E-state index is 0.395. The second-order valence-electron chi connectivity index (χ2n) is 6.47. The van der Waals surface area contributed by atoms with Gasteiger partial charge >= 0.3 is 0 Å². The molecule has 0 unspecified atom stereocenters. The first-order valence-corrected chi connectivity index (χ1v) is 10.6. The average molecular weight is 428 g/mol. The molecule has 4 rings (SSSR count). The van der Waals surface area contributed by atoms with E-state index in [2.05, 4.69) is 53.2 Å². The summed E-state index contributed by atoms with van der Waals surface area (Å²) < 4.78 is 6.17. The lowest BCUT2D eigenvalue weighted by molar-refractivity contribution is 0.303. The molecule has 0 spiro atoms. The van der Waals surface area contributed by atoms with Crippen LogP contribution in [0.3, 0.4) is 0 Å². The van der Waals surface area contributed by atoms with Crippen molar-refractivity contribution < 1.29 is 4.74 Å². The summed E-state index contributed by atoms with van der Waals surface area (Å²) in [4.78, 5) is 1.32. The summed E-state index contributed by atoms with van der Waals surface area (Å²) in [6.45, 7) is 1.96. The van der Waals surface area contributed by atoms with Crippen LogP contribution in [0, 0.1) is 0 Å². The molecule has 0 aliphatic carbocycles. The Bertz CT molecular complexity index is 1080. The Morgan fingerprint density at radius 3 is 2.61 bits per heavy atom. The second-order valence-corrected chi connectivity index (χ2v) is 8.35. The molecule has 142 valence electrons. The number of hydrogen-bond donors (Lipinski definition) is 1. The van der Waals surface area contributed by atoms with Crippen molar-refractivity contribution in [3.63, 3.8) is 0 Å². The van der Waals surface area contributed by atoms with E-state index in [9.17, 15) is 0 Å². The SMILES string of the molecule is Clc1ccc(COc2ccc3ccccc3c2CNCc2cccs2)c(Cl)c1. The molecule has 2 nitrogen and oxygen atoms in total. The summed E-state index contributed by atoms with van der Waals surface area (Å²) in [5.74, 6) is 0.864. The van der Waals surface area contributed by atoms with Gasteiger partial charge in [-0.05, 0) is 40.4 Å². The molecule has 0 bridgehead atoms. The van der Waals surface area contributed by atoms with Gasteiger partial charge in [0, 0.05) is 39.1 Å². The molecule has 0 aliphatic rings. The zero-order valence-corrected chi connectivity index (χ0v) is 17.5. The molecule has 3 aromatic carbocycles. The van der Waals surface area contributed by atoms with Gasteiger partial charge in [0.15, 0.2) is 0 Å². The van der Waals surface area contributed by atoms with Gasteiger partial charge in [-0.2, -0.15) is 0 Å². The number of thiophene rings is 1. The maximum Gasteiger partial charge on any atom is 0.124 e. The topological polar surface area (TPSA) is 21.3 Å². The number of rotatable bonds is 7. The third kappa shape index (κ3) is 4.50. The van der Waals surface area contributed by atoms with Crippen molar-refractivity contribution in [1.82, 2.24) is 5.32 Å². The highest BCUT2D eigenvalue weighted by molar-refractivity contribution is 7.09. The molecule has 1 heterocycles. The van der Waals surface area contributed by atoms with E-state index in [1.807, 2.05) is 18.2 Å². The lowest BCUT2D eigenvalue weighted by Gasteiger charge is -2.15. The minimum atomic E-state index is 0.395. The van der Waals surface area contributed by atoms with Crippen LogP contribution in [-0.4, -0.2) is 0 Å². The molecular weight excluding hydrogens is 409 g/mol. The summed E-state index contributed by atoms with van der Waals surface area (Å²) in [6.07, 6.45) is 0. The zero-order valence-electron chi connectivity index (χ0n) is 15.1. The van der Waals surface area contributed by atoms with E-state index in [-0.39, 0.29) is 0 Å². The van der Waals surface area contributed by atoms with Gasteiger partial charge in [-0.25, -0.2) is 0 Å². The highest BCUT2D eigenvalue weighted by Gasteiger charge is 2.10. The Morgan fingerprint density at radius 1 is 0.893 bits per heavy atom. The minimum Gasteiger partial charge on any atom is -0.488 e. The molecule has 0 fully saturated rings. The number of nitrogens with one attached hydrogen (secondary N) is 1. The Morgan fingerprint density at radius 2 is 1.79 bits per heavy atom. The van der Waals surface area contributed by atoms with Crippen molar-refractivity contribution in [3.8, 4) is 5.75 Å². The quantitative estimate of drug-likeness (QED) is 0.340. The van der Waals surface area contributed by atoms with Crippen LogP contribution in [0.2, 0.25) is 10.0 Å². The number of hydrogen-bond acceptors (Lipinski definition) is 3. The van der Waals surface area contributed by atoms with Crippen molar-refractivity contribution in [2.75, 3.05) is 0 Å². The first-order valence-electron chi connectivity index (χ1n) is 9.01. The van der Waals surface area contributed by atoms with Gasteiger partial charge < -0.3 is 10.1 Å².